The molecule has 0 aliphatic carbocycles. The van der Waals surface area contributed by atoms with E-state index in [-0.39, 0.29) is 16.3 Å². The molecule has 2 aromatic heterocycles. The predicted octanol–water partition coefficient (Wildman–Crippen LogP) is 2.98. The molecule has 34 heavy (non-hydrogen) atoms. The molecule has 0 unspecified atom stereocenters. The van der Waals surface area contributed by atoms with Gasteiger partial charge in [0.25, 0.3) is 0 Å². The normalized spacial score (nSPS) is 11.6. The van der Waals surface area contributed by atoms with Gasteiger partial charge in [-0.15, -0.1) is 0 Å². The summed E-state index contributed by atoms with van der Waals surface area (Å²) in [5.74, 6) is -1.30. The summed E-state index contributed by atoms with van der Waals surface area (Å²) in [6, 6.07) is 8.75. The summed E-state index contributed by atoms with van der Waals surface area (Å²) in [5, 5.41) is 0. The second-order valence-corrected chi connectivity index (χ2v) is 9.26. The zero-order valence-electron chi connectivity index (χ0n) is 18.8. The molecule has 0 radical (unpaired) electrons. The number of Topliss-reactive ketones (excluding diaryl/α,β-unsaturated/α-hetero) is 1. The molecule has 12 heteroatoms. The van der Waals surface area contributed by atoms with Crippen LogP contribution in [0, 0.1) is 13.8 Å². The van der Waals surface area contributed by atoms with Gasteiger partial charge in [-0.2, -0.15) is 8.78 Å². The first-order chi connectivity index (χ1) is 15.9. The highest BCUT2D eigenvalue weighted by Gasteiger charge is 2.22. The molecule has 0 aliphatic heterocycles. The number of aromatic nitrogens is 2. The number of esters is 1. The molecule has 0 atom stereocenters. The van der Waals surface area contributed by atoms with E-state index < -0.39 is 35.0 Å². The SMILES string of the molecule is CNS(=O)(=O)c1cc(C(=O)OCC(=O)c2cc(C)n(-c3ccc(OC(F)F)cc3)c2C)n(C)c1. The first-order valence-corrected chi connectivity index (χ1v) is 11.5. The van der Waals surface area contributed by atoms with Gasteiger partial charge in [-0.3, -0.25) is 4.79 Å². The molecule has 1 aromatic carbocycles. The number of ether oxygens (including phenoxy) is 2. The second kappa shape index (κ2) is 9.77. The molecular formula is C22H23F2N3O6S. The third kappa shape index (κ3) is 5.18. The minimum atomic E-state index is -3.74. The van der Waals surface area contributed by atoms with E-state index in [9.17, 15) is 26.8 Å². The van der Waals surface area contributed by atoms with Gasteiger partial charge >= 0.3 is 12.6 Å². The van der Waals surface area contributed by atoms with Crippen LogP contribution < -0.4 is 9.46 Å². The Balaban J connectivity index is 1.75. The minimum absolute atomic E-state index is 0.00998. The van der Waals surface area contributed by atoms with Gasteiger partial charge in [-0.25, -0.2) is 17.9 Å². The first-order valence-electron chi connectivity index (χ1n) is 9.99. The van der Waals surface area contributed by atoms with Gasteiger partial charge in [-0.05, 0) is 57.3 Å². The summed E-state index contributed by atoms with van der Waals surface area (Å²) < 4.78 is 63.3. The van der Waals surface area contributed by atoms with Gasteiger partial charge in [0, 0.05) is 35.9 Å². The van der Waals surface area contributed by atoms with Crippen LogP contribution >= 0.6 is 0 Å². The van der Waals surface area contributed by atoms with E-state index in [1.165, 1.54) is 37.0 Å². The van der Waals surface area contributed by atoms with Crippen LogP contribution in [0.2, 0.25) is 0 Å². The van der Waals surface area contributed by atoms with Gasteiger partial charge < -0.3 is 18.6 Å². The Labute approximate surface area is 194 Å². The van der Waals surface area contributed by atoms with Crippen molar-refractivity contribution in [2.45, 2.75) is 25.4 Å². The molecule has 0 fully saturated rings. The molecular weight excluding hydrogens is 472 g/mol. The van der Waals surface area contributed by atoms with Crippen molar-refractivity contribution in [3.05, 3.63) is 65.2 Å². The van der Waals surface area contributed by atoms with Crippen LogP contribution in [0.1, 0.15) is 32.2 Å². The van der Waals surface area contributed by atoms with Crippen molar-refractivity contribution in [1.82, 2.24) is 13.9 Å². The largest absolute Gasteiger partial charge is 0.453 e. The Morgan fingerprint density at radius 3 is 2.35 bits per heavy atom. The van der Waals surface area contributed by atoms with Gasteiger partial charge in [0.05, 0.1) is 0 Å². The van der Waals surface area contributed by atoms with Crippen molar-refractivity contribution in [2.24, 2.45) is 7.05 Å². The lowest BCUT2D eigenvalue weighted by atomic mass is 10.1. The van der Waals surface area contributed by atoms with Crippen LogP contribution in [-0.2, 0) is 21.8 Å². The lowest BCUT2D eigenvalue weighted by Crippen LogP contribution is -2.18. The average Bonchev–Trinajstić information content (AvgIpc) is 3.32. The number of nitrogens with one attached hydrogen (secondary N) is 1. The van der Waals surface area contributed by atoms with E-state index in [2.05, 4.69) is 9.46 Å². The summed E-state index contributed by atoms with van der Waals surface area (Å²) in [4.78, 5) is 25.1. The summed E-state index contributed by atoms with van der Waals surface area (Å²) in [5.41, 5.74) is 2.21. The quantitative estimate of drug-likeness (QED) is 0.361. The molecule has 0 bridgehead atoms. The monoisotopic (exact) mass is 495 g/mol. The van der Waals surface area contributed by atoms with Crippen LogP contribution in [0.4, 0.5) is 8.78 Å². The minimum Gasteiger partial charge on any atom is -0.453 e. The van der Waals surface area contributed by atoms with Gasteiger partial charge in [-0.1, -0.05) is 0 Å². The van der Waals surface area contributed by atoms with Crippen molar-refractivity contribution in [2.75, 3.05) is 13.7 Å². The van der Waals surface area contributed by atoms with Crippen molar-refractivity contribution in [3.63, 3.8) is 0 Å². The highest BCUT2D eigenvalue weighted by atomic mass is 32.2. The number of aryl methyl sites for hydroxylation is 2. The highest BCUT2D eigenvalue weighted by Crippen LogP contribution is 2.24. The standard InChI is InChI=1S/C22H23F2N3O6S/c1-13-9-18(14(2)27(13)15-5-7-16(8-6-15)33-22(23)24)20(28)12-32-21(29)19-10-17(11-26(19)4)34(30,31)25-3/h5-11,22,25H,12H2,1-4H3. The number of alkyl halides is 2. The number of nitrogens with zero attached hydrogens (tertiary/aromatic N) is 2. The number of benzene rings is 1. The Morgan fingerprint density at radius 1 is 1.12 bits per heavy atom. The zero-order valence-corrected chi connectivity index (χ0v) is 19.7. The average molecular weight is 496 g/mol. The Bertz CT molecular complexity index is 1330. The molecule has 2 heterocycles. The molecule has 3 aromatic rings. The van der Waals surface area contributed by atoms with E-state index in [0.717, 1.165) is 6.07 Å². The van der Waals surface area contributed by atoms with Crippen LogP contribution in [-0.4, -0.2) is 49.6 Å². The molecule has 0 saturated heterocycles. The molecule has 182 valence electrons. The number of carbonyl (C=O) groups excluding carboxylic acids is 2. The number of ketones is 1. The second-order valence-electron chi connectivity index (χ2n) is 7.37. The maximum atomic E-state index is 12.8. The van der Waals surface area contributed by atoms with Crippen LogP contribution in [0.5, 0.6) is 5.75 Å². The van der Waals surface area contributed by atoms with Crippen LogP contribution in [0.15, 0.2) is 47.5 Å². The van der Waals surface area contributed by atoms with E-state index in [1.54, 1.807) is 36.6 Å². The Morgan fingerprint density at radius 2 is 1.76 bits per heavy atom. The Kier molecular flexibility index (Phi) is 7.22. The third-order valence-corrected chi connectivity index (χ3v) is 6.54. The number of hydrogen-bond acceptors (Lipinski definition) is 6. The third-order valence-electron chi connectivity index (χ3n) is 5.15. The first kappa shape index (κ1) is 25.1. The predicted molar refractivity (Wildman–Crippen MR) is 118 cm³/mol. The van der Waals surface area contributed by atoms with E-state index in [1.807, 2.05) is 0 Å². The zero-order chi connectivity index (χ0) is 25.2. The molecule has 0 amide bonds. The van der Waals surface area contributed by atoms with Crippen molar-refractivity contribution >= 4 is 21.8 Å². The highest BCUT2D eigenvalue weighted by molar-refractivity contribution is 7.89. The number of halogens is 2. The van der Waals surface area contributed by atoms with Gasteiger partial charge in [0.15, 0.2) is 6.61 Å². The summed E-state index contributed by atoms with van der Waals surface area (Å²) in [7, 11) is -1.01. The van der Waals surface area contributed by atoms with Crippen LogP contribution in [0.3, 0.4) is 0 Å². The van der Waals surface area contributed by atoms with Crippen molar-refractivity contribution in [1.29, 1.82) is 0 Å². The van der Waals surface area contributed by atoms with Gasteiger partial charge in [0.1, 0.15) is 16.3 Å². The lowest BCUT2D eigenvalue weighted by Gasteiger charge is -2.11. The summed E-state index contributed by atoms with van der Waals surface area (Å²) >= 11 is 0. The Hall–Kier alpha value is -3.51. The molecule has 0 aliphatic rings. The molecule has 1 N–H and O–H groups in total. The molecule has 3 rings (SSSR count). The molecule has 0 spiro atoms. The number of sulfonamides is 1. The van der Waals surface area contributed by atoms with Crippen LogP contribution in [0.25, 0.3) is 5.69 Å². The fraction of sp³-hybridized carbons (Fsp3) is 0.273. The lowest BCUT2D eigenvalue weighted by molar-refractivity contribution is -0.0498. The van der Waals surface area contributed by atoms with Crippen molar-refractivity contribution in [3.8, 4) is 11.4 Å². The van der Waals surface area contributed by atoms with Crippen molar-refractivity contribution < 1.29 is 36.3 Å². The van der Waals surface area contributed by atoms with E-state index in [0.29, 0.717) is 22.6 Å². The van der Waals surface area contributed by atoms with E-state index in [4.69, 9.17) is 4.74 Å². The smallest absolute Gasteiger partial charge is 0.387 e. The van der Waals surface area contributed by atoms with Gasteiger partial charge in [0.2, 0.25) is 15.8 Å². The van der Waals surface area contributed by atoms with E-state index >= 15 is 0 Å². The number of carbonyl (C=O) groups is 2. The summed E-state index contributed by atoms with van der Waals surface area (Å²) in [6.07, 6.45) is 1.26. The topological polar surface area (TPSA) is 109 Å². The summed E-state index contributed by atoms with van der Waals surface area (Å²) in [6.45, 7) is -0.00311. The number of hydrogen-bond donors (Lipinski definition) is 1. The fourth-order valence-corrected chi connectivity index (χ4v) is 4.30. The molecule has 0 saturated carbocycles. The maximum absolute atomic E-state index is 12.8. The number of rotatable bonds is 9. The molecule has 9 nitrogen and oxygen atoms in total. The fourth-order valence-electron chi connectivity index (χ4n) is 3.50. The maximum Gasteiger partial charge on any atom is 0.387 e.